The number of para-hydroxylation sites is 2. The van der Waals surface area contributed by atoms with E-state index in [1.165, 1.54) is 18.1 Å². The number of hydrogen-bond donors (Lipinski definition) is 4. The second-order valence-corrected chi connectivity index (χ2v) is 7.56. The van der Waals surface area contributed by atoms with Crippen LogP contribution in [-0.2, 0) is 11.3 Å². The van der Waals surface area contributed by atoms with Crippen molar-refractivity contribution in [3.8, 4) is 0 Å². The van der Waals surface area contributed by atoms with Crippen molar-refractivity contribution >= 4 is 40.7 Å². The molecule has 1 unspecified atom stereocenters. The highest BCUT2D eigenvalue weighted by Gasteiger charge is 2.30. The zero-order chi connectivity index (χ0) is 20.9. The lowest BCUT2D eigenvalue weighted by Crippen LogP contribution is -2.32. The topological polar surface area (TPSA) is 135 Å². The van der Waals surface area contributed by atoms with E-state index < -0.39 is 5.91 Å². The summed E-state index contributed by atoms with van der Waals surface area (Å²) < 4.78 is 0. The van der Waals surface area contributed by atoms with Gasteiger partial charge >= 0.3 is 0 Å². The van der Waals surface area contributed by atoms with Gasteiger partial charge in [0.1, 0.15) is 18.0 Å². The number of amides is 1. The van der Waals surface area contributed by atoms with Crippen molar-refractivity contribution in [1.29, 1.82) is 0 Å². The Labute approximate surface area is 177 Å². The third kappa shape index (κ3) is 4.44. The van der Waals surface area contributed by atoms with Crippen molar-refractivity contribution in [2.75, 3.05) is 21.3 Å². The minimum absolute atomic E-state index is 0.347. The van der Waals surface area contributed by atoms with E-state index >= 15 is 0 Å². The van der Waals surface area contributed by atoms with Crippen LogP contribution in [0.15, 0.2) is 72.3 Å². The van der Waals surface area contributed by atoms with Gasteiger partial charge in [-0.2, -0.15) is 0 Å². The van der Waals surface area contributed by atoms with Crippen molar-refractivity contribution in [1.82, 2.24) is 15.0 Å². The highest BCUT2D eigenvalue weighted by Crippen LogP contribution is 2.38. The monoisotopic (exact) mass is 420 g/mol. The molecule has 1 amide bonds. The maximum absolute atomic E-state index is 11.7. The van der Waals surface area contributed by atoms with Crippen LogP contribution in [-0.4, -0.2) is 26.4 Å². The predicted molar refractivity (Wildman–Crippen MR) is 119 cm³/mol. The summed E-state index contributed by atoms with van der Waals surface area (Å²) in [6, 6.07) is 13.1. The Balaban J connectivity index is 1.51. The minimum Gasteiger partial charge on any atom is -0.397 e. The number of rotatable bonds is 7. The van der Waals surface area contributed by atoms with E-state index in [2.05, 4.69) is 25.6 Å². The molecule has 4 rings (SSSR count). The van der Waals surface area contributed by atoms with Gasteiger partial charge in [0, 0.05) is 31.2 Å². The molecular formula is C20H20N8OS. The number of carbonyl (C=O) groups is 1. The van der Waals surface area contributed by atoms with Crippen molar-refractivity contribution in [2.24, 2.45) is 5.73 Å². The quantitative estimate of drug-likeness (QED) is 0.425. The summed E-state index contributed by atoms with van der Waals surface area (Å²) in [5.74, 6) is 0.769. The van der Waals surface area contributed by atoms with Gasteiger partial charge in [-0.1, -0.05) is 23.9 Å². The van der Waals surface area contributed by atoms with Crippen LogP contribution in [0.1, 0.15) is 5.56 Å². The van der Waals surface area contributed by atoms with E-state index in [-0.39, 0.29) is 5.50 Å². The van der Waals surface area contributed by atoms with E-state index in [0.29, 0.717) is 28.8 Å². The lowest BCUT2D eigenvalue weighted by atomic mass is 10.2. The molecule has 0 fully saturated rings. The Bertz CT molecular complexity index is 1080. The molecule has 0 bridgehead atoms. The zero-order valence-corrected chi connectivity index (χ0v) is 16.7. The van der Waals surface area contributed by atoms with Crippen LogP contribution >= 0.6 is 11.8 Å². The molecule has 1 aromatic carbocycles. The number of thioether (sulfide) groups is 1. The Hall–Kier alpha value is -3.79. The SMILES string of the molecule is NC(=O)C1=CN(c2ccccc2N)C(Nc2cc(NCc3ccncc3)ncn2)S1. The number of benzene rings is 1. The average molecular weight is 421 g/mol. The second-order valence-electron chi connectivity index (χ2n) is 6.44. The number of primary amides is 1. The van der Waals surface area contributed by atoms with E-state index in [1.807, 2.05) is 35.2 Å². The molecule has 10 heteroatoms. The number of nitrogens with zero attached hydrogens (tertiary/aromatic N) is 4. The Morgan fingerprint density at radius 1 is 1.13 bits per heavy atom. The predicted octanol–water partition coefficient (Wildman–Crippen LogP) is 2.34. The van der Waals surface area contributed by atoms with Crippen LogP contribution in [0, 0.1) is 0 Å². The first kappa shape index (κ1) is 19.5. The number of nitrogens with two attached hydrogens (primary N) is 2. The molecule has 30 heavy (non-hydrogen) atoms. The van der Waals surface area contributed by atoms with Gasteiger partial charge in [-0.3, -0.25) is 9.78 Å². The van der Waals surface area contributed by atoms with Crippen LogP contribution in [0.3, 0.4) is 0 Å². The molecule has 3 aromatic rings. The summed E-state index contributed by atoms with van der Waals surface area (Å²) in [5.41, 5.74) is 13.7. The maximum Gasteiger partial charge on any atom is 0.256 e. The molecule has 152 valence electrons. The summed E-state index contributed by atoms with van der Waals surface area (Å²) >= 11 is 1.30. The molecule has 9 nitrogen and oxygen atoms in total. The van der Waals surface area contributed by atoms with E-state index in [4.69, 9.17) is 11.5 Å². The minimum atomic E-state index is -0.494. The molecule has 0 saturated carbocycles. The largest absolute Gasteiger partial charge is 0.397 e. The molecule has 2 aromatic heterocycles. The molecule has 0 saturated heterocycles. The van der Waals surface area contributed by atoms with Gasteiger partial charge in [0.2, 0.25) is 0 Å². The van der Waals surface area contributed by atoms with E-state index in [9.17, 15) is 4.79 Å². The van der Waals surface area contributed by atoms with Gasteiger partial charge in [-0.05, 0) is 29.8 Å². The van der Waals surface area contributed by atoms with Crippen molar-refractivity contribution in [3.05, 3.63) is 77.9 Å². The normalized spacial score (nSPS) is 15.5. The lowest BCUT2D eigenvalue weighted by Gasteiger charge is -2.27. The van der Waals surface area contributed by atoms with E-state index in [1.54, 1.807) is 30.7 Å². The molecular weight excluding hydrogens is 400 g/mol. The average Bonchev–Trinajstić information content (AvgIpc) is 3.17. The number of anilines is 4. The molecule has 0 spiro atoms. The van der Waals surface area contributed by atoms with E-state index in [0.717, 1.165) is 11.3 Å². The Kier molecular flexibility index (Phi) is 5.66. The first-order valence-corrected chi connectivity index (χ1v) is 10.0. The molecule has 3 heterocycles. The standard InChI is InChI=1S/C20H20N8OS/c21-14-3-1-2-4-15(14)28-11-16(19(22)29)30-20(28)27-18-9-17(25-12-26-18)24-10-13-5-7-23-8-6-13/h1-9,11-12,20H,10,21H2,(H2,22,29)(H2,24,25,26,27). The van der Waals surface area contributed by atoms with Crippen molar-refractivity contribution in [2.45, 2.75) is 12.0 Å². The number of carbonyl (C=O) groups excluding carboxylic acids is 1. The van der Waals surface area contributed by atoms with Crippen molar-refractivity contribution < 1.29 is 4.79 Å². The summed E-state index contributed by atoms with van der Waals surface area (Å²) in [4.78, 5) is 26.6. The molecule has 1 aliphatic heterocycles. The summed E-state index contributed by atoms with van der Waals surface area (Å²) in [6.07, 6.45) is 6.66. The van der Waals surface area contributed by atoms with Gasteiger partial charge in [0.05, 0.1) is 16.3 Å². The first-order chi connectivity index (χ1) is 14.6. The molecule has 1 aliphatic rings. The summed E-state index contributed by atoms with van der Waals surface area (Å²) in [7, 11) is 0. The highest BCUT2D eigenvalue weighted by atomic mass is 32.2. The van der Waals surface area contributed by atoms with Crippen LogP contribution < -0.4 is 27.0 Å². The third-order valence-corrected chi connectivity index (χ3v) is 5.50. The smallest absolute Gasteiger partial charge is 0.256 e. The van der Waals surface area contributed by atoms with Crippen LogP contribution in [0.2, 0.25) is 0 Å². The molecule has 6 N–H and O–H groups in total. The maximum atomic E-state index is 11.7. The highest BCUT2D eigenvalue weighted by molar-refractivity contribution is 8.05. The Morgan fingerprint density at radius 3 is 2.67 bits per heavy atom. The molecule has 0 radical (unpaired) electrons. The summed E-state index contributed by atoms with van der Waals surface area (Å²) in [5, 5.41) is 6.57. The third-order valence-electron chi connectivity index (χ3n) is 4.37. The fourth-order valence-corrected chi connectivity index (χ4v) is 3.89. The lowest BCUT2D eigenvalue weighted by molar-refractivity contribution is -0.113. The van der Waals surface area contributed by atoms with Gasteiger partial charge in [0.25, 0.3) is 5.91 Å². The van der Waals surface area contributed by atoms with Gasteiger partial charge in [0.15, 0.2) is 5.50 Å². The zero-order valence-electron chi connectivity index (χ0n) is 15.9. The first-order valence-electron chi connectivity index (χ1n) is 9.12. The second kappa shape index (κ2) is 8.70. The van der Waals surface area contributed by atoms with Gasteiger partial charge in [-0.25, -0.2) is 9.97 Å². The van der Waals surface area contributed by atoms with Crippen LogP contribution in [0.25, 0.3) is 0 Å². The van der Waals surface area contributed by atoms with Gasteiger partial charge < -0.3 is 27.0 Å². The molecule has 1 atom stereocenters. The fraction of sp³-hybridized carbons (Fsp3) is 0.100. The van der Waals surface area contributed by atoms with Crippen molar-refractivity contribution in [3.63, 3.8) is 0 Å². The fourth-order valence-electron chi connectivity index (χ4n) is 2.89. The summed E-state index contributed by atoms with van der Waals surface area (Å²) in [6.45, 7) is 0.608. The number of hydrogen-bond acceptors (Lipinski definition) is 9. The number of aromatic nitrogens is 3. The van der Waals surface area contributed by atoms with Gasteiger partial charge in [-0.15, -0.1) is 0 Å². The van der Waals surface area contributed by atoms with Crippen LogP contribution in [0.5, 0.6) is 0 Å². The Morgan fingerprint density at radius 2 is 1.90 bits per heavy atom. The number of nitrogen functional groups attached to an aromatic ring is 1. The molecule has 0 aliphatic carbocycles. The van der Waals surface area contributed by atoms with Crippen LogP contribution in [0.4, 0.5) is 23.0 Å². The number of pyridine rings is 1. The number of nitrogens with one attached hydrogen (secondary N) is 2.